The highest BCUT2D eigenvalue weighted by Crippen LogP contribution is 2.36. The van der Waals surface area contributed by atoms with Crippen LogP contribution in [0.3, 0.4) is 0 Å². The van der Waals surface area contributed by atoms with E-state index in [-0.39, 0.29) is 16.3 Å². The number of rotatable bonds is 5. The van der Waals surface area contributed by atoms with Crippen LogP contribution in [-0.2, 0) is 0 Å². The molecule has 0 aliphatic heterocycles. The normalized spacial score (nSPS) is 10.3. The third-order valence-corrected chi connectivity index (χ3v) is 3.73. The van der Waals surface area contributed by atoms with Crippen LogP contribution in [0.2, 0.25) is 5.02 Å². The van der Waals surface area contributed by atoms with Crippen LogP contribution in [0.4, 0.5) is 10.1 Å². The quantitative estimate of drug-likeness (QED) is 0.774. The number of hydrogen-bond acceptors (Lipinski definition) is 3. The molecule has 0 aromatic heterocycles. The molecule has 0 aliphatic carbocycles. The standard InChI is InChI=1S/C16H14BrClFNO3/c1-3-23-14-7-9(6-11(18)15(14)22-2)16(21)20-13-5-4-10(17)8-12(13)19/h4-8H,3H2,1-2H3,(H,20,21). The van der Waals surface area contributed by atoms with Gasteiger partial charge in [-0.15, -0.1) is 0 Å². The zero-order chi connectivity index (χ0) is 17.0. The summed E-state index contributed by atoms with van der Waals surface area (Å²) in [6.45, 7) is 2.19. The molecule has 0 bridgehead atoms. The van der Waals surface area contributed by atoms with E-state index in [4.69, 9.17) is 21.1 Å². The molecule has 23 heavy (non-hydrogen) atoms. The number of carbonyl (C=O) groups excluding carboxylic acids is 1. The Labute approximate surface area is 146 Å². The summed E-state index contributed by atoms with van der Waals surface area (Å²) >= 11 is 9.26. The van der Waals surface area contributed by atoms with Crippen LogP contribution in [0.1, 0.15) is 17.3 Å². The SMILES string of the molecule is CCOc1cc(C(=O)Nc2ccc(Br)cc2F)cc(Cl)c1OC. The van der Waals surface area contributed by atoms with Gasteiger partial charge in [-0.1, -0.05) is 27.5 Å². The molecule has 7 heteroatoms. The summed E-state index contributed by atoms with van der Waals surface area (Å²) in [6, 6.07) is 7.30. The molecule has 0 saturated carbocycles. The van der Waals surface area contributed by atoms with Gasteiger partial charge >= 0.3 is 0 Å². The molecule has 1 N–H and O–H groups in total. The van der Waals surface area contributed by atoms with E-state index >= 15 is 0 Å². The minimum Gasteiger partial charge on any atom is -0.491 e. The first-order chi connectivity index (χ1) is 11.0. The molecule has 0 radical (unpaired) electrons. The Morgan fingerprint density at radius 1 is 1.35 bits per heavy atom. The van der Waals surface area contributed by atoms with Gasteiger partial charge in [0, 0.05) is 10.0 Å². The van der Waals surface area contributed by atoms with Crippen molar-refractivity contribution in [3.63, 3.8) is 0 Å². The van der Waals surface area contributed by atoms with E-state index in [1.165, 1.54) is 31.4 Å². The van der Waals surface area contributed by atoms with Gasteiger partial charge in [0.15, 0.2) is 11.5 Å². The van der Waals surface area contributed by atoms with Gasteiger partial charge in [-0.25, -0.2) is 4.39 Å². The Morgan fingerprint density at radius 2 is 2.09 bits per heavy atom. The predicted octanol–water partition coefficient (Wildman–Crippen LogP) is 4.90. The van der Waals surface area contributed by atoms with E-state index in [2.05, 4.69) is 21.2 Å². The Hall–Kier alpha value is -1.79. The van der Waals surface area contributed by atoms with Crippen LogP contribution in [0.15, 0.2) is 34.8 Å². The summed E-state index contributed by atoms with van der Waals surface area (Å²) in [5, 5.41) is 2.73. The van der Waals surface area contributed by atoms with Gasteiger partial charge in [0.1, 0.15) is 5.82 Å². The van der Waals surface area contributed by atoms with Crippen molar-refractivity contribution in [2.75, 3.05) is 19.0 Å². The second kappa shape index (κ2) is 7.66. The molecule has 0 spiro atoms. The largest absolute Gasteiger partial charge is 0.491 e. The number of hydrogen-bond donors (Lipinski definition) is 1. The van der Waals surface area contributed by atoms with Gasteiger partial charge < -0.3 is 14.8 Å². The minimum atomic E-state index is -0.544. The topological polar surface area (TPSA) is 47.6 Å². The molecule has 2 rings (SSSR count). The molecule has 0 aliphatic rings. The third kappa shape index (κ3) is 4.14. The fourth-order valence-electron chi connectivity index (χ4n) is 1.95. The molecular weight excluding hydrogens is 389 g/mol. The summed E-state index contributed by atoms with van der Waals surface area (Å²) < 4.78 is 25.0. The van der Waals surface area contributed by atoms with Crippen LogP contribution < -0.4 is 14.8 Å². The van der Waals surface area contributed by atoms with Crippen LogP contribution in [0.5, 0.6) is 11.5 Å². The van der Waals surface area contributed by atoms with Crippen molar-refractivity contribution >= 4 is 39.1 Å². The number of halogens is 3. The number of methoxy groups -OCH3 is 1. The van der Waals surface area contributed by atoms with Gasteiger partial charge in [0.25, 0.3) is 5.91 Å². The Balaban J connectivity index is 2.32. The molecule has 2 aromatic rings. The lowest BCUT2D eigenvalue weighted by Crippen LogP contribution is -2.13. The molecule has 122 valence electrons. The lowest BCUT2D eigenvalue weighted by Gasteiger charge is -2.13. The second-order valence-electron chi connectivity index (χ2n) is 4.50. The molecule has 4 nitrogen and oxygen atoms in total. The number of nitrogens with one attached hydrogen (secondary N) is 1. The van der Waals surface area contributed by atoms with Gasteiger partial charge in [-0.2, -0.15) is 0 Å². The van der Waals surface area contributed by atoms with Gasteiger partial charge in [-0.05, 0) is 37.3 Å². The smallest absolute Gasteiger partial charge is 0.255 e. The van der Waals surface area contributed by atoms with Crippen molar-refractivity contribution in [1.82, 2.24) is 0 Å². The van der Waals surface area contributed by atoms with Crippen LogP contribution >= 0.6 is 27.5 Å². The summed E-state index contributed by atoms with van der Waals surface area (Å²) in [5.41, 5.74) is 0.310. The average Bonchev–Trinajstić information content (AvgIpc) is 2.50. The Bertz CT molecular complexity index is 740. The monoisotopic (exact) mass is 401 g/mol. The summed E-state index contributed by atoms with van der Waals surface area (Å²) in [5.74, 6) is -0.349. The van der Waals surface area contributed by atoms with E-state index in [9.17, 15) is 9.18 Å². The molecule has 2 aromatic carbocycles. The maximum atomic E-state index is 13.8. The van der Waals surface area contributed by atoms with Gasteiger partial charge in [0.05, 0.1) is 24.4 Å². The first-order valence-corrected chi connectivity index (χ1v) is 7.90. The highest BCUT2D eigenvalue weighted by molar-refractivity contribution is 9.10. The molecule has 0 heterocycles. The Kier molecular flexibility index (Phi) is 5.85. The number of amides is 1. The van der Waals surface area contributed by atoms with E-state index < -0.39 is 11.7 Å². The van der Waals surface area contributed by atoms with Gasteiger partial charge in [-0.3, -0.25) is 4.79 Å². The number of benzene rings is 2. The lowest BCUT2D eigenvalue weighted by molar-refractivity contribution is 0.102. The van der Waals surface area contributed by atoms with Crippen molar-refractivity contribution in [3.05, 3.63) is 51.2 Å². The molecule has 0 atom stereocenters. The highest BCUT2D eigenvalue weighted by Gasteiger charge is 2.16. The average molecular weight is 403 g/mol. The summed E-state index contributed by atoms with van der Waals surface area (Å²) in [6.07, 6.45) is 0. The minimum absolute atomic E-state index is 0.0723. The summed E-state index contributed by atoms with van der Waals surface area (Å²) in [7, 11) is 1.46. The number of anilines is 1. The van der Waals surface area contributed by atoms with Crippen molar-refractivity contribution in [1.29, 1.82) is 0 Å². The van der Waals surface area contributed by atoms with E-state index in [1.807, 2.05) is 0 Å². The third-order valence-electron chi connectivity index (χ3n) is 2.96. The molecule has 0 fully saturated rings. The first-order valence-electron chi connectivity index (χ1n) is 6.73. The number of carbonyl (C=O) groups is 1. The lowest BCUT2D eigenvalue weighted by atomic mass is 10.1. The van der Waals surface area contributed by atoms with Crippen molar-refractivity contribution in [2.45, 2.75) is 6.92 Å². The molecular formula is C16H14BrClFNO3. The van der Waals surface area contributed by atoms with E-state index in [1.54, 1.807) is 13.0 Å². The van der Waals surface area contributed by atoms with Crippen molar-refractivity contribution in [2.24, 2.45) is 0 Å². The van der Waals surface area contributed by atoms with Crippen molar-refractivity contribution < 1.29 is 18.7 Å². The van der Waals surface area contributed by atoms with E-state index in [0.29, 0.717) is 22.6 Å². The summed E-state index contributed by atoms with van der Waals surface area (Å²) in [4.78, 5) is 12.3. The second-order valence-corrected chi connectivity index (χ2v) is 5.82. The van der Waals surface area contributed by atoms with Crippen LogP contribution in [0.25, 0.3) is 0 Å². The first kappa shape index (κ1) is 17.6. The zero-order valence-electron chi connectivity index (χ0n) is 12.5. The maximum absolute atomic E-state index is 13.8. The van der Waals surface area contributed by atoms with Crippen molar-refractivity contribution in [3.8, 4) is 11.5 Å². The number of ether oxygens (including phenoxy) is 2. The highest BCUT2D eigenvalue weighted by atomic mass is 79.9. The van der Waals surface area contributed by atoms with Gasteiger partial charge in [0.2, 0.25) is 0 Å². The molecule has 1 amide bonds. The molecule has 0 unspecified atom stereocenters. The predicted molar refractivity (Wildman–Crippen MR) is 91.2 cm³/mol. The fourth-order valence-corrected chi connectivity index (χ4v) is 2.57. The van der Waals surface area contributed by atoms with Crippen LogP contribution in [0, 0.1) is 5.82 Å². The maximum Gasteiger partial charge on any atom is 0.255 e. The van der Waals surface area contributed by atoms with Crippen LogP contribution in [-0.4, -0.2) is 19.6 Å². The van der Waals surface area contributed by atoms with E-state index in [0.717, 1.165) is 0 Å². The Morgan fingerprint density at radius 3 is 2.70 bits per heavy atom. The zero-order valence-corrected chi connectivity index (χ0v) is 14.8. The molecule has 0 saturated heterocycles. The fraction of sp³-hybridized carbons (Fsp3) is 0.188.